The smallest absolute Gasteiger partial charge is 0.316 e. The summed E-state index contributed by atoms with van der Waals surface area (Å²) >= 11 is 0. The van der Waals surface area contributed by atoms with E-state index >= 15 is 0 Å². The van der Waals surface area contributed by atoms with Crippen LogP contribution in [0.15, 0.2) is 24.3 Å². The molecule has 1 amide bonds. The lowest BCUT2D eigenvalue weighted by molar-refractivity contribution is -0.149. The number of methoxy groups -OCH3 is 1. The molecule has 5 heteroatoms. The average Bonchev–Trinajstić information content (AvgIpc) is 2.38. The van der Waals surface area contributed by atoms with Crippen molar-refractivity contribution < 1.29 is 19.4 Å². The number of amides is 1. The van der Waals surface area contributed by atoms with Gasteiger partial charge in [-0.15, -0.1) is 0 Å². The van der Waals surface area contributed by atoms with Crippen molar-refractivity contribution in [3.05, 3.63) is 29.8 Å². The lowest BCUT2D eigenvalue weighted by Gasteiger charge is -2.28. The molecule has 0 spiro atoms. The van der Waals surface area contributed by atoms with Crippen LogP contribution in [0, 0.1) is 5.92 Å². The van der Waals surface area contributed by atoms with Crippen molar-refractivity contribution in [1.29, 1.82) is 0 Å². The summed E-state index contributed by atoms with van der Waals surface area (Å²) in [6.45, 7) is 0.513. The van der Waals surface area contributed by atoms with E-state index in [4.69, 9.17) is 9.84 Å². The van der Waals surface area contributed by atoms with Crippen LogP contribution in [0.1, 0.15) is 17.9 Å². The predicted octanol–water partition coefficient (Wildman–Crippen LogP) is 0.999. The lowest BCUT2D eigenvalue weighted by Crippen LogP contribution is -2.44. The molecule has 2 rings (SSSR count). The monoisotopic (exact) mass is 249 g/mol. The zero-order chi connectivity index (χ0) is 13.1. The number of hydrogen-bond donors (Lipinski definition) is 2. The number of ether oxygens (including phenoxy) is 1. The molecule has 1 fully saturated rings. The first-order chi connectivity index (χ1) is 8.63. The number of hydrogen-bond acceptors (Lipinski definition) is 3. The Morgan fingerprint density at radius 3 is 2.61 bits per heavy atom. The van der Waals surface area contributed by atoms with E-state index < -0.39 is 17.8 Å². The number of carboxylic acids is 1. The van der Waals surface area contributed by atoms with Crippen LogP contribution in [0.25, 0.3) is 0 Å². The normalized spacial score (nSPS) is 23.3. The Kier molecular flexibility index (Phi) is 3.50. The molecular formula is C13H15NO4. The highest BCUT2D eigenvalue weighted by Gasteiger charge is 2.38. The first-order valence-corrected chi connectivity index (χ1v) is 5.78. The summed E-state index contributed by atoms with van der Waals surface area (Å²) < 4.78 is 5.06. The predicted molar refractivity (Wildman–Crippen MR) is 64.5 cm³/mol. The second-order valence-electron chi connectivity index (χ2n) is 4.28. The van der Waals surface area contributed by atoms with Crippen molar-refractivity contribution in [1.82, 2.24) is 5.32 Å². The molecule has 96 valence electrons. The second kappa shape index (κ2) is 5.08. The van der Waals surface area contributed by atoms with Crippen LogP contribution in [-0.2, 0) is 9.59 Å². The number of carbonyl (C=O) groups is 2. The first kappa shape index (κ1) is 12.4. The standard InChI is InChI=1S/C13H15NO4/c1-18-9-4-2-8(3-5-9)10-6-7-14-12(15)11(10)13(16)17/h2-5,10-11H,6-7H2,1H3,(H,14,15)(H,16,17)/t10-,11-/m0/s1. The van der Waals surface area contributed by atoms with Crippen LogP contribution in [-0.4, -0.2) is 30.6 Å². The van der Waals surface area contributed by atoms with Crippen molar-refractivity contribution in [3.63, 3.8) is 0 Å². The van der Waals surface area contributed by atoms with Crippen molar-refractivity contribution >= 4 is 11.9 Å². The maximum Gasteiger partial charge on any atom is 0.316 e. The van der Waals surface area contributed by atoms with Crippen LogP contribution in [0.4, 0.5) is 0 Å². The molecule has 1 aliphatic heterocycles. The largest absolute Gasteiger partial charge is 0.497 e. The van der Waals surface area contributed by atoms with E-state index in [0.717, 1.165) is 5.56 Å². The second-order valence-corrected chi connectivity index (χ2v) is 4.28. The Bertz CT molecular complexity index is 455. The quantitative estimate of drug-likeness (QED) is 0.784. The molecule has 1 saturated heterocycles. The highest BCUT2D eigenvalue weighted by molar-refractivity contribution is 5.98. The van der Waals surface area contributed by atoms with Gasteiger partial charge in [0.1, 0.15) is 11.7 Å². The summed E-state index contributed by atoms with van der Waals surface area (Å²) in [7, 11) is 1.57. The fraction of sp³-hybridized carbons (Fsp3) is 0.385. The summed E-state index contributed by atoms with van der Waals surface area (Å²) in [6.07, 6.45) is 0.634. The highest BCUT2D eigenvalue weighted by Crippen LogP contribution is 2.32. The molecule has 0 aromatic heterocycles. The maximum absolute atomic E-state index is 11.6. The minimum atomic E-state index is -1.08. The molecule has 5 nitrogen and oxygen atoms in total. The van der Waals surface area contributed by atoms with Gasteiger partial charge < -0.3 is 15.2 Å². The number of benzene rings is 1. The zero-order valence-electron chi connectivity index (χ0n) is 10.1. The van der Waals surface area contributed by atoms with Gasteiger partial charge in [0.2, 0.25) is 5.91 Å². The van der Waals surface area contributed by atoms with Crippen molar-refractivity contribution in [2.24, 2.45) is 5.92 Å². The number of nitrogens with one attached hydrogen (secondary N) is 1. The van der Waals surface area contributed by atoms with Gasteiger partial charge in [0, 0.05) is 12.5 Å². The lowest BCUT2D eigenvalue weighted by atomic mass is 9.80. The van der Waals surface area contributed by atoms with E-state index in [-0.39, 0.29) is 5.92 Å². The van der Waals surface area contributed by atoms with Gasteiger partial charge in [-0.2, -0.15) is 0 Å². The summed E-state index contributed by atoms with van der Waals surface area (Å²) in [6, 6.07) is 7.19. The summed E-state index contributed by atoms with van der Waals surface area (Å²) in [5.41, 5.74) is 0.859. The molecule has 1 aromatic rings. The van der Waals surface area contributed by atoms with Crippen molar-refractivity contribution in [2.75, 3.05) is 13.7 Å². The Labute approximate surface area is 105 Å². The summed E-state index contributed by atoms with van der Waals surface area (Å²) in [5.74, 6) is -2.05. The van der Waals surface area contributed by atoms with Crippen LogP contribution in [0.3, 0.4) is 0 Å². The third kappa shape index (κ3) is 2.30. The van der Waals surface area contributed by atoms with Gasteiger partial charge in [-0.3, -0.25) is 9.59 Å². The van der Waals surface area contributed by atoms with Gasteiger partial charge in [-0.1, -0.05) is 12.1 Å². The molecule has 0 radical (unpaired) electrons. The van der Waals surface area contributed by atoms with Gasteiger partial charge in [0.25, 0.3) is 0 Å². The molecule has 0 aliphatic carbocycles. The van der Waals surface area contributed by atoms with Gasteiger partial charge in [-0.05, 0) is 24.1 Å². The van der Waals surface area contributed by atoms with Gasteiger partial charge in [0.15, 0.2) is 0 Å². The van der Waals surface area contributed by atoms with E-state index in [2.05, 4.69) is 5.32 Å². The van der Waals surface area contributed by atoms with Crippen molar-refractivity contribution in [2.45, 2.75) is 12.3 Å². The summed E-state index contributed by atoms with van der Waals surface area (Å²) in [4.78, 5) is 22.8. The minimum Gasteiger partial charge on any atom is -0.497 e. The molecule has 1 aromatic carbocycles. The number of aliphatic carboxylic acids is 1. The van der Waals surface area contributed by atoms with Crippen LogP contribution in [0.5, 0.6) is 5.75 Å². The molecule has 1 aliphatic rings. The van der Waals surface area contributed by atoms with Gasteiger partial charge in [-0.25, -0.2) is 0 Å². The molecule has 0 unspecified atom stereocenters. The SMILES string of the molecule is COc1ccc([C@@H]2CCNC(=O)[C@H]2C(=O)O)cc1. The van der Waals surface area contributed by atoms with Gasteiger partial charge >= 0.3 is 5.97 Å². The number of rotatable bonds is 3. The third-order valence-electron chi connectivity index (χ3n) is 3.25. The fourth-order valence-corrected chi connectivity index (χ4v) is 2.30. The molecule has 1 heterocycles. The molecule has 2 N–H and O–H groups in total. The molecule has 2 atom stereocenters. The molecule has 0 bridgehead atoms. The van der Waals surface area contributed by atoms with Crippen LogP contribution in [0.2, 0.25) is 0 Å². The van der Waals surface area contributed by atoms with E-state index in [1.807, 2.05) is 12.1 Å². The highest BCUT2D eigenvalue weighted by atomic mass is 16.5. The van der Waals surface area contributed by atoms with Crippen LogP contribution < -0.4 is 10.1 Å². The first-order valence-electron chi connectivity index (χ1n) is 5.78. The molecule has 18 heavy (non-hydrogen) atoms. The minimum absolute atomic E-state index is 0.276. The maximum atomic E-state index is 11.6. The number of carboxylic acid groups (broad SMARTS) is 1. The number of piperidine rings is 1. The van der Waals surface area contributed by atoms with Crippen LogP contribution >= 0.6 is 0 Å². The Hall–Kier alpha value is -2.04. The van der Waals surface area contributed by atoms with E-state index in [9.17, 15) is 9.59 Å². The summed E-state index contributed by atoms with van der Waals surface area (Å²) in [5, 5.41) is 11.7. The van der Waals surface area contributed by atoms with Crippen molar-refractivity contribution in [3.8, 4) is 5.75 Å². The average molecular weight is 249 g/mol. The van der Waals surface area contributed by atoms with E-state index in [1.165, 1.54) is 0 Å². The topological polar surface area (TPSA) is 75.6 Å². The zero-order valence-corrected chi connectivity index (χ0v) is 10.1. The Morgan fingerprint density at radius 1 is 1.39 bits per heavy atom. The fourth-order valence-electron chi connectivity index (χ4n) is 2.30. The Balaban J connectivity index is 2.28. The molecule has 0 saturated carbocycles. The Morgan fingerprint density at radius 2 is 2.06 bits per heavy atom. The molecular weight excluding hydrogens is 234 g/mol. The number of carbonyl (C=O) groups excluding carboxylic acids is 1. The van der Waals surface area contributed by atoms with E-state index in [0.29, 0.717) is 18.7 Å². The van der Waals surface area contributed by atoms with E-state index in [1.54, 1.807) is 19.2 Å². The third-order valence-corrected chi connectivity index (χ3v) is 3.25. The van der Waals surface area contributed by atoms with Gasteiger partial charge in [0.05, 0.1) is 7.11 Å².